The highest BCUT2D eigenvalue weighted by atomic mass is 16.6. The van der Waals surface area contributed by atoms with Crippen molar-refractivity contribution in [1.29, 1.82) is 10.8 Å². The van der Waals surface area contributed by atoms with Gasteiger partial charge in [0, 0.05) is 63.2 Å². The van der Waals surface area contributed by atoms with Gasteiger partial charge in [-0.05, 0) is 128 Å². The second-order valence-corrected chi connectivity index (χ2v) is 15.8. The zero-order chi connectivity index (χ0) is 46.5. The van der Waals surface area contributed by atoms with Crippen LogP contribution in [0.25, 0.3) is 0 Å². The van der Waals surface area contributed by atoms with Crippen molar-refractivity contribution in [3.63, 3.8) is 0 Å². The van der Waals surface area contributed by atoms with Gasteiger partial charge < -0.3 is 50.2 Å². The number of esters is 1. The van der Waals surface area contributed by atoms with E-state index in [1.54, 1.807) is 73.9 Å². The lowest BCUT2D eigenvalue weighted by Crippen LogP contribution is -2.54. The van der Waals surface area contributed by atoms with Crippen molar-refractivity contribution in [3.8, 4) is 11.5 Å². The van der Waals surface area contributed by atoms with Gasteiger partial charge in [-0.1, -0.05) is 12.8 Å². The third kappa shape index (κ3) is 24.5. The van der Waals surface area contributed by atoms with Crippen LogP contribution in [0.3, 0.4) is 0 Å². The molecule has 3 rings (SSSR count). The number of nitrogens with two attached hydrogens (primary N) is 1. The standard InChI is InChI=1S/C27H40N4O7.C18H30N4O3/c1-5-36-22(32)10-7-6-8-15-30-17-18-31(25(34)24(30)33)16-9-19-37-21-13-11-20(12-14-21)23(28)29-26(35)38-27(2,3)4;19-18(20)15-6-8-16(9-7-15)25-14-4-11-22-13-12-21-10-3-1-2-5-17(23)24/h11-14H,5-10,15-19H2,1-4H3,(H2,28,29,35);6-9,21-22H,1-5,10-14H2,(H3,19,20)(H,23,24). The molecule has 1 fully saturated rings. The molecule has 0 atom stereocenters. The quantitative estimate of drug-likeness (QED) is 0.0202. The lowest BCUT2D eigenvalue weighted by Gasteiger charge is -2.33. The van der Waals surface area contributed by atoms with E-state index >= 15 is 0 Å². The lowest BCUT2D eigenvalue weighted by atomic mass is 10.1. The molecule has 0 saturated carbocycles. The first-order valence-electron chi connectivity index (χ1n) is 21.9. The molecule has 18 heteroatoms. The normalized spacial score (nSPS) is 12.5. The molecular weight excluding hydrogens is 813 g/mol. The number of carboxylic acid groups (broad SMARTS) is 1. The summed E-state index contributed by atoms with van der Waals surface area (Å²) in [6, 6.07) is 13.9. The molecule has 0 unspecified atom stereocenters. The van der Waals surface area contributed by atoms with Crippen LogP contribution < -0.4 is 31.2 Å². The van der Waals surface area contributed by atoms with Gasteiger partial charge in [-0.25, -0.2) is 4.79 Å². The maximum atomic E-state index is 12.5. The van der Waals surface area contributed by atoms with Crippen LogP contribution in [0.15, 0.2) is 48.5 Å². The van der Waals surface area contributed by atoms with Gasteiger partial charge >= 0.3 is 29.8 Å². The van der Waals surface area contributed by atoms with Crippen LogP contribution >= 0.6 is 0 Å². The molecule has 1 saturated heterocycles. The van der Waals surface area contributed by atoms with Crippen molar-refractivity contribution < 1.29 is 48.0 Å². The number of alkyl carbamates (subject to hydrolysis) is 1. The number of piperazine rings is 1. The van der Waals surface area contributed by atoms with Crippen molar-refractivity contribution in [2.45, 2.75) is 97.5 Å². The first kappa shape index (κ1) is 53.4. The minimum absolute atomic E-state index is 0.0598. The average molecular weight is 883 g/mol. The predicted octanol–water partition coefficient (Wildman–Crippen LogP) is 4.66. The molecule has 63 heavy (non-hydrogen) atoms. The Bertz CT molecular complexity index is 1720. The van der Waals surface area contributed by atoms with Gasteiger partial charge in [0.15, 0.2) is 0 Å². The lowest BCUT2D eigenvalue weighted by molar-refractivity contribution is -0.156. The Balaban J connectivity index is 0.000000473. The molecule has 8 N–H and O–H groups in total. The number of benzene rings is 2. The summed E-state index contributed by atoms with van der Waals surface area (Å²) in [6.07, 6.45) is 6.39. The molecule has 18 nitrogen and oxygen atoms in total. The van der Waals surface area contributed by atoms with Gasteiger partial charge in [0.25, 0.3) is 0 Å². The van der Waals surface area contributed by atoms with E-state index in [1.807, 2.05) is 12.1 Å². The number of amides is 3. The molecule has 0 bridgehead atoms. The molecule has 0 spiro atoms. The summed E-state index contributed by atoms with van der Waals surface area (Å²) in [5.41, 5.74) is 5.95. The molecule has 1 heterocycles. The van der Waals surface area contributed by atoms with E-state index < -0.39 is 29.5 Å². The predicted molar refractivity (Wildman–Crippen MR) is 240 cm³/mol. The summed E-state index contributed by atoms with van der Waals surface area (Å²) in [7, 11) is 0. The first-order chi connectivity index (χ1) is 30.1. The number of nitrogen functional groups attached to an aromatic ring is 1. The Hall–Kier alpha value is -5.75. The third-order valence-electron chi connectivity index (χ3n) is 9.28. The maximum absolute atomic E-state index is 12.5. The number of unbranched alkanes of at least 4 members (excludes halogenated alkanes) is 4. The number of ether oxygens (including phenoxy) is 4. The highest BCUT2D eigenvalue weighted by Crippen LogP contribution is 2.15. The fraction of sp³-hybridized carbons (Fsp3) is 0.578. The highest BCUT2D eigenvalue weighted by molar-refractivity contribution is 6.35. The van der Waals surface area contributed by atoms with E-state index in [4.69, 9.17) is 40.6 Å². The maximum Gasteiger partial charge on any atom is 0.413 e. The largest absolute Gasteiger partial charge is 0.494 e. The summed E-state index contributed by atoms with van der Waals surface area (Å²) < 4.78 is 21.4. The van der Waals surface area contributed by atoms with Gasteiger partial charge in [0.1, 0.15) is 28.8 Å². The zero-order valence-corrected chi connectivity index (χ0v) is 37.6. The molecule has 0 aromatic heterocycles. The van der Waals surface area contributed by atoms with Crippen LogP contribution in [0.1, 0.15) is 103 Å². The Morgan fingerprint density at radius 1 is 0.698 bits per heavy atom. The number of rotatable bonds is 28. The Kier molecular flexibility index (Phi) is 25.7. The van der Waals surface area contributed by atoms with Crippen LogP contribution in [-0.2, 0) is 28.7 Å². The molecule has 2 aromatic carbocycles. The van der Waals surface area contributed by atoms with Crippen molar-refractivity contribution in [3.05, 3.63) is 59.7 Å². The fourth-order valence-electron chi connectivity index (χ4n) is 6.01. The zero-order valence-electron chi connectivity index (χ0n) is 37.6. The molecular formula is C45H70N8O10. The van der Waals surface area contributed by atoms with Gasteiger partial charge in [-0.3, -0.25) is 35.3 Å². The monoisotopic (exact) mass is 883 g/mol. The van der Waals surface area contributed by atoms with Gasteiger partial charge in [0.05, 0.1) is 19.8 Å². The van der Waals surface area contributed by atoms with Crippen molar-refractivity contribution in [2.24, 2.45) is 5.73 Å². The molecule has 0 aliphatic carbocycles. The van der Waals surface area contributed by atoms with E-state index in [0.717, 1.165) is 70.5 Å². The second-order valence-electron chi connectivity index (χ2n) is 15.8. The molecule has 1 aliphatic heterocycles. The summed E-state index contributed by atoms with van der Waals surface area (Å²) in [5.74, 6) is -0.544. The number of nitrogens with zero attached hydrogens (tertiary/aromatic N) is 2. The minimum atomic E-state index is -0.714. The number of nitrogens with one attached hydrogen (secondary N) is 5. The Labute approximate surface area is 371 Å². The molecule has 0 radical (unpaired) electrons. The molecule has 350 valence electrons. The van der Waals surface area contributed by atoms with Crippen LogP contribution in [0, 0.1) is 10.8 Å². The number of aliphatic carboxylic acids is 1. The number of hydrogen-bond donors (Lipinski definition) is 7. The minimum Gasteiger partial charge on any atom is -0.494 e. The van der Waals surface area contributed by atoms with E-state index in [0.29, 0.717) is 82.1 Å². The molecule has 3 amide bonds. The smallest absolute Gasteiger partial charge is 0.413 e. The third-order valence-corrected chi connectivity index (χ3v) is 9.28. The Morgan fingerprint density at radius 2 is 1.21 bits per heavy atom. The fourth-order valence-corrected chi connectivity index (χ4v) is 6.01. The van der Waals surface area contributed by atoms with Gasteiger partial charge in [-0.2, -0.15) is 0 Å². The summed E-state index contributed by atoms with van der Waals surface area (Å²) in [6.45, 7) is 13.9. The van der Waals surface area contributed by atoms with E-state index in [2.05, 4.69) is 16.0 Å². The topological polar surface area (TPSA) is 259 Å². The summed E-state index contributed by atoms with van der Waals surface area (Å²) in [4.78, 5) is 61.6. The second kappa shape index (κ2) is 30.3. The van der Waals surface area contributed by atoms with Gasteiger partial charge in [0.2, 0.25) is 0 Å². The number of carboxylic acids is 1. The molecule has 2 aromatic rings. The average Bonchev–Trinajstić information content (AvgIpc) is 3.23. The van der Waals surface area contributed by atoms with Crippen molar-refractivity contribution in [1.82, 2.24) is 25.8 Å². The number of hydrogen-bond acceptors (Lipinski definition) is 13. The number of carbonyl (C=O) groups is 5. The summed E-state index contributed by atoms with van der Waals surface area (Å²) in [5, 5.41) is 32.9. The number of amidine groups is 2. The van der Waals surface area contributed by atoms with Crippen LogP contribution in [-0.4, -0.2) is 134 Å². The van der Waals surface area contributed by atoms with E-state index in [1.165, 1.54) is 0 Å². The van der Waals surface area contributed by atoms with Crippen molar-refractivity contribution >= 4 is 41.5 Å². The van der Waals surface area contributed by atoms with Crippen molar-refractivity contribution in [2.75, 3.05) is 72.2 Å². The van der Waals surface area contributed by atoms with E-state index in [9.17, 15) is 24.0 Å². The first-order valence-corrected chi connectivity index (χ1v) is 21.9. The Morgan fingerprint density at radius 3 is 1.75 bits per heavy atom. The number of carbonyl (C=O) groups excluding carboxylic acids is 4. The SMILES string of the molecule is CCOC(=O)CCCCCN1CCN(CCCOc2ccc(C(=N)NC(=O)OC(C)(C)C)cc2)C(=O)C1=O.N=C(N)c1ccc(OCCCNCCNCCCCCC(=O)O)cc1. The molecule has 1 aliphatic rings. The van der Waals surface area contributed by atoms with Crippen LogP contribution in [0.4, 0.5) is 4.79 Å². The van der Waals surface area contributed by atoms with E-state index in [-0.39, 0.29) is 24.1 Å². The highest BCUT2D eigenvalue weighted by Gasteiger charge is 2.31. The summed E-state index contributed by atoms with van der Waals surface area (Å²) >= 11 is 0. The van der Waals surface area contributed by atoms with Crippen LogP contribution in [0.5, 0.6) is 11.5 Å². The van der Waals surface area contributed by atoms with Gasteiger partial charge in [-0.15, -0.1) is 0 Å². The van der Waals surface area contributed by atoms with Crippen LogP contribution in [0.2, 0.25) is 0 Å².